The highest BCUT2D eigenvalue weighted by Crippen LogP contribution is 2.24. The lowest BCUT2D eigenvalue weighted by molar-refractivity contribution is -0.128. The third-order valence-corrected chi connectivity index (χ3v) is 4.91. The largest absolute Gasteiger partial charge is 0.355 e. The van der Waals surface area contributed by atoms with Gasteiger partial charge in [-0.2, -0.15) is 4.52 Å². The van der Waals surface area contributed by atoms with Gasteiger partial charge in [-0.1, -0.05) is 0 Å². The van der Waals surface area contributed by atoms with Crippen molar-refractivity contribution in [3.63, 3.8) is 0 Å². The van der Waals surface area contributed by atoms with Crippen LogP contribution in [0.3, 0.4) is 0 Å². The molecule has 8 heteroatoms. The zero-order valence-corrected chi connectivity index (χ0v) is 13.4. The summed E-state index contributed by atoms with van der Waals surface area (Å²) in [5.41, 5.74) is 0.763. The number of amides is 1. The number of nitrogens with one attached hydrogen (secondary N) is 1. The first-order chi connectivity index (χ1) is 11.1. The summed E-state index contributed by atoms with van der Waals surface area (Å²) in [5, 5.41) is 15.6. The molecule has 2 aromatic heterocycles. The summed E-state index contributed by atoms with van der Waals surface area (Å²) in [7, 11) is 2.05. The molecule has 2 saturated heterocycles. The first kappa shape index (κ1) is 14.4. The molecule has 1 atom stereocenters. The molecule has 4 rings (SSSR count). The number of anilines is 1. The van der Waals surface area contributed by atoms with Crippen LogP contribution >= 0.6 is 0 Å². The molecule has 122 valence electrons. The molecule has 1 amide bonds. The Labute approximate surface area is 134 Å². The van der Waals surface area contributed by atoms with Gasteiger partial charge in [0.15, 0.2) is 11.5 Å². The predicted octanol–water partition coefficient (Wildman–Crippen LogP) is -0.168. The van der Waals surface area contributed by atoms with Crippen LogP contribution in [0.2, 0.25) is 0 Å². The van der Waals surface area contributed by atoms with E-state index in [1.807, 2.05) is 19.1 Å². The van der Waals surface area contributed by atoms with Gasteiger partial charge in [0, 0.05) is 25.7 Å². The van der Waals surface area contributed by atoms with Crippen molar-refractivity contribution in [3.05, 3.63) is 18.0 Å². The zero-order valence-electron chi connectivity index (χ0n) is 13.4. The van der Waals surface area contributed by atoms with Crippen molar-refractivity contribution in [3.8, 4) is 0 Å². The van der Waals surface area contributed by atoms with E-state index in [1.54, 1.807) is 4.52 Å². The molecular weight excluding hydrogens is 294 g/mol. The maximum Gasteiger partial charge on any atom is 0.237 e. The number of piperidine rings is 1. The Bertz CT molecular complexity index is 737. The number of hydrogen-bond acceptors (Lipinski definition) is 6. The fraction of sp³-hybridized carbons (Fsp3) is 0.600. The van der Waals surface area contributed by atoms with Crippen molar-refractivity contribution in [2.24, 2.45) is 0 Å². The van der Waals surface area contributed by atoms with Crippen LogP contribution in [0.25, 0.3) is 5.65 Å². The van der Waals surface area contributed by atoms with E-state index in [4.69, 9.17) is 0 Å². The molecule has 1 N–H and O–H groups in total. The average molecular weight is 315 g/mol. The smallest absolute Gasteiger partial charge is 0.237 e. The summed E-state index contributed by atoms with van der Waals surface area (Å²) < 4.78 is 1.76. The summed E-state index contributed by atoms with van der Waals surface area (Å²) >= 11 is 0. The number of aryl methyl sites for hydroxylation is 1. The Balaban J connectivity index is 1.43. The molecule has 4 heterocycles. The number of hydrogen-bond donors (Lipinski definition) is 1. The van der Waals surface area contributed by atoms with E-state index in [2.05, 4.69) is 37.5 Å². The molecule has 0 aromatic carbocycles. The molecule has 2 aliphatic heterocycles. The van der Waals surface area contributed by atoms with Crippen LogP contribution in [0.1, 0.15) is 18.7 Å². The van der Waals surface area contributed by atoms with E-state index >= 15 is 0 Å². The Hall–Kier alpha value is -2.22. The second-order valence-electron chi connectivity index (χ2n) is 6.38. The van der Waals surface area contributed by atoms with Crippen LogP contribution in [0.5, 0.6) is 0 Å². The molecule has 8 nitrogen and oxygen atoms in total. The summed E-state index contributed by atoms with van der Waals surface area (Å²) in [5.74, 6) is 1.88. The maximum absolute atomic E-state index is 12.0. The molecule has 2 aromatic rings. The van der Waals surface area contributed by atoms with Crippen LogP contribution < -0.4 is 10.2 Å². The summed E-state index contributed by atoms with van der Waals surface area (Å²) in [6.07, 6.45) is 2.01. The minimum atomic E-state index is 0.00596. The standard InChI is InChI=1S/C15H21N7O/c1-10-17-18-13-5-6-14(19-22(10)13)21-8-11(9-21)20(2)12-4-3-7-16-15(12)23/h5-6,11-12H,3-4,7-9H2,1-2H3,(H,16,23). The second-order valence-corrected chi connectivity index (χ2v) is 6.38. The summed E-state index contributed by atoms with van der Waals surface area (Å²) in [4.78, 5) is 16.4. The highest BCUT2D eigenvalue weighted by Gasteiger charge is 2.37. The van der Waals surface area contributed by atoms with Gasteiger partial charge in [0.25, 0.3) is 0 Å². The van der Waals surface area contributed by atoms with Gasteiger partial charge in [0.1, 0.15) is 5.82 Å². The van der Waals surface area contributed by atoms with E-state index in [-0.39, 0.29) is 11.9 Å². The molecule has 0 spiro atoms. The first-order valence-corrected chi connectivity index (χ1v) is 8.07. The Morgan fingerprint density at radius 1 is 1.30 bits per heavy atom. The number of likely N-dealkylation sites (N-methyl/N-ethyl adjacent to an activating group) is 1. The lowest BCUT2D eigenvalue weighted by Crippen LogP contribution is -2.63. The lowest BCUT2D eigenvalue weighted by atomic mass is 10.00. The number of carbonyl (C=O) groups excluding carboxylic acids is 1. The highest BCUT2D eigenvalue weighted by atomic mass is 16.2. The maximum atomic E-state index is 12.0. The van der Waals surface area contributed by atoms with Crippen LogP contribution in [0.4, 0.5) is 5.82 Å². The van der Waals surface area contributed by atoms with Gasteiger partial charge >= 0.3 is 0 Å². The van der Waals surface area contributed by atoms with Crippen molar-refractivity contribution in [1.82, 2.24) is 30.0 Å². The first-order valence-electron chi connectivity index (χ1n) is 8.07. The van der Waals surface area contributed by atoms with E-state index in [0.717, 1.165) is 49.8 Å². The van der Waals surface area contributed by atoms with Crippen molar-refractivity contribution in [2.75, 3.05) is 31.6 Å². The molecule has 2 aliphatic rings. The second kappa shape index (κ2) is 5.45. The van der Waals surface area contributed by atoms with Crippen molar-refractivity contribution >= 4 is 17.4 Å². The predicted molar refractivity (Wildman–Crippen MR) is 85.3 cm³/mol. The molecule has 0 bridgehead atoms. The molecule has 1 unspecified atom stereocenters. The van der Waals surface area contributed by atoms with Gasteiger partial charge in [-0.25, -0.2) is 0 Å². The number of aromatic nitrogens is 4. The zero-order chi connectivity index (χ0) is 16.0. The van der Waals surface area contributed by atoms with Crippen LogP contribution in [0, 0.1) is 6.92 Å². The monoisotopic (exact) mass is 315 g/mol. The molecule has 2 fully saturated rings. The fourth-order valence-corrected chi connectivity index (χ4v) is 3.35. The van der Waals surface area contributed by atoms with Gasteiger partial charge in [-0.15, -0.1) is 15.3 Å². The molecule has 23 heavy (non-hydrogen) atoms. The third-order valence-electron chi connectivity index (χ3n) is 4.91. The Morgan fingerprint density at radius 2 is 2.13 bits per heavy atom. The molecule has 0 aliphatic carbocycles. The summed E-state index contributed by atoms with van der Waals surface area (Å²) in [6, 6.07) is 4.32. The minimum absolute atomic E-state index is 0.00596. The molecule has 0 saturated carbocycles. The lowest BCUT2D eigenvalue weighted by Gasteiger charge is -2.47. The molecule has 0 radical (unpaired) electrons. The number of carbonyl (C=O) groups is 1. The highest BCUT2D eigenvalue weighted by molar-refractivity contribution is 5.82. The minimum Gasteiger partial charge on any atom is -0.355 e. The van der Waals surface area contributed by atoms with E-state index in [9.17, 15) is 4.79 Å². The van der Waals surface area contributed by atoms with E-state index < -0.39 is 0 Å². The Morgan fingerprint density at radius 3 is 2.91 bits per heavy atom. The van der Waals surface area contributed by atoms with Gasteiger partial charge in [0.05, 0.1) is 6.04 Å². The average Bonchev–Trinajstić information content (AvgIpc) is 2.87. The summed E-state index contributed by atoms with van der Waals surface area (Å²) in [6.45, 7) is 4.48. The van der Waals surface area contributed by atoms with Gasteiger partial charge in [-0.05, 0) is 38.9 Å². The van der Waals surface area contributed by atoms with Gasteiger partial charge in [0.2, 0.25) is 5.91 Å². The van der Waals surface area contributed by atoms with Crippen molar-refractivity contribution in [1.29, 1.82) is 0 Å². The van der Waals surface area contributed by atoms with E-state index in [1.165, 1.54) is 0 Å². The quantitative estimate of drug-likeness (QED) is 0.847. The molecular formula is C15H21N7O. The van der Waals surface area contributed by atoms with Crippen molar-refractivity contribution in [2.45, 2.75) is 31.8 Å². The van der Waals surface area contributed by atoms with Crippen LogP contribution in [-0.4, -0.2) is 69.4 Å². The van der Waals surface area contributed by atoms with Crippen LogP contribution in [-0.2, 0) is 4.79 Å². The normalized spacial score (nSPS) is 22.5. The van der Waals surface area contributed by atoms with Crippen molar-refractivity contribution < 1.29 is 4.79 Å². The van der Waals surface area contributed by atoms with Gasteiger partial charge in [-0.3, -0.25) is 9.69 Å². The topological polar surface area (TPSA) is 78.7 Å². The SMILES string of the molecule is Cc1nnc2ccc(N3CC(N(C)C4CCCNC4=O)C3)nn12. The fourth-order valence-electron chi connectivity index (χ4n) is 3.35. The van der Waals surface area contributed by atoms with E-state index in [0.29, 0.717) is 6.04 Å². The Kier molecular flexibility index (Phi) is 3.41. The van der Waals surface area contributed by atoms with Gasteiger partial charge < -0.3 is 10.2 Å². The third kappa shape index (κ3) is 2.42. The number of rotatable bonds is 3. The number of fused-ring (bicyclic) bond motifs is 1. The van der Waals surface area contributed by atoms with Crippen LogP contribution in [0.15, 0.2) is 12.1 Å². The number of nitrogens with zero attached hydrogens (tertiary/aromatic N) is 6.